The summed E-state index contributed by atoms with van der Waals surface area (Å²) in [6, 6.07) is 0. The van der Waals surface area contributed by atoms with Crippen molar-refractivity contribution >= 4 is 17.5 Å². The Morgan fingerprint density at radius 2 is 2.06 bits per heavy atom. The second-order valence-electron chi connectivity index (χ2n) is 3.23. The van der Waals surface area contributed by atoms with E-state index in [2.05, 4.69) is 25.4 Å². The quantitative estimate of drug-likeness (QED) is 0.856. The number of aromatic nitrogens is 5. The number of anilines is 1. The van der Waals surface area contributed by atoms with Crippen LogP contribution in [0, 0.1) is 13.8 Å². The molecule has 0 aliphatic heterocycles. The average molecular weight is 239 g/mol. The van der Waals surface area contributed by atoms with Crippen molar-refractivity contribution in [2.45, 2.75) is 13.8 Å². The smallest absolute Gasteiger partial charge is 0.224 e. The zero-order valence-corrected chi connectivity index (χ0v) is 9.95. The zero-order chi connectivity index (χ0) is 11.7. The third kappa shape index (κ3) is 1.83. The van der Waals surface area contributed by atoms with Crippen LogP contribution in [0.15, 0.2) is 6.20 Å². The van der Waals surface area contributed by atoms with Crippen LogP contribution in [0.2, 0.25) is 5.02 Å². The highest BCUT2D eigenvalue weighted by Crippen LogP contribution is 2.18. The second-order valence-corrected chi connectivity index (χ2v) is 3.64. The first-order valence-electron chi connectivity index (χ1n) is 4.72. The number of halogens is 1. The molecule has 0 spiro atoms. The van der Waals surface area contributed by atoms with Gasteiger partial charge in [0.05, 0.1) is 6.20 Å². The van der Waals surface area contributed by atoms with Crippen LogP contribution in [0.1, 0.15) is 11.6 Å². The summed E-state index contributed by atoms with van der Waals surface area (Å²) in [6.07, 6.45) is 1.53. The maximum Gasteiger partial charge on any atom is 0.224 e. The lowest BCUT2D eigenvalue weighted by atomic mass is 10.5. The number of nitrogens with zero attached hydrogens (tertiary/aromatic N) is 5. The van der Waals surface area contributed by atoms with Crippen LogP contribution >= 0.6 is 11.6 Å². The molecule has 2 heterocycles. The van der Waals surface area contributed by atoms with Crippen molar-refractivity contribution in [1.82, 2.24) is 24.7 Å². The van der Waals surface area contributed by atoms with Crippen LogP contribution in [0.3, 0.4) is 0 Å². The van der Waals surface area contributed by atoms with Gasteiger partial charge in [-0.3, -0.25) is 0 Å². The predicted octanol–water partition coefficient (Wildman–Crippen LogP) is 1.37. The van der Waals surface area contributed by atoms with Gasteiger partial charge < -0.3 is 5.32 Å². The first-order chi connectivity index (χ1) is 7.61. The molecule has 2 rings (SSSR count). The average Bonchev–Trinajstić information content (AvgIpc) is 2.58. The van der Waals surface area contributed by atoms with Gasteiger partial charge in [0.1, 0.15) is 16.7 Å². The molecule has 84 valence electrons. The molecule has 16 heavy (non-hydrogen) atoms. The van der Waals surface area contributed by atoms with Crippen molar-refractivity contribution in [3.05, 3.63) is 22.9 Å². The molecule has 1 N–H and O–H groups in total. The number of nitrogens with one attached hydrogen (secondary N) is 1. The molecule has 0 saturated heterocycles. The summed E-state index contributed by atoms with van der Waals surface area (Å²) in [5.41, 5.74) is 0. The van der Waals surface area contributed by atoms with Crippen molar-refractivity contribution in [3.8, 4) is 5.82 Å². The molecule has 6 nitrogen and oxygen atoms in total. The number of rotatable bonds is 2. The van der Waals surface area contributed by atoms with Crippen molar-refractivity contribution < 1.29 is 0 Å². The zero-order valence-electron chi connectivity index (χ0n) is 9.19. The van der Waals surface area contributed by atoms with Gasteiger partial charge in [0, 0.05) is 7.05 Å². The van der Waals surface area contributed by atoms with Crippen molar-refractivity contribution in [2.75, 3.05) is 12.4 Å². The fourth-order valence-electron chi connectivity index (χ4n) is 1.35. The lowest BCUT2D eigenvalue weighted by molar-refractivity contribution is 0.800. The SMILES string of the molecule is CNc1ncc(Cl)c(-n2nc(C)nc2C)n1. The third-order valence-corrected chi connectivity index (χ3v) is 2.29. The molecule has 7 heteroatoms. The Morgan fingerprint density at radius 3 is 2.62 bits per heavy atom. The maximum atomic E-state index is 6.03. The molecule has 0 bridgehead atoms. The number of aryl methyl sites for hydroxylation is 2. The van der Waals surface area contributed by atoms with Crippen molar-refractivity contribution in [3.63, 3.8) is 0 Å². The topological polar surface area (TPSA) is 68.5 Å². The molecule has 0 amide bonds. The first kappa shape index (κ1) is 10.8. The van der Waals surface area contributed by atoms with Crippen LogP contribution in [-0.2, 0) is 0 Å². The molecule has 0 saturated carbocycles. The Balaban J connectivity index is 2.58. The van der Waals surface area contributed by atoms with Gasteiger partial charge in [-0.2, -0.15) is 9.67 Å². The Hall–Kier alpha value is -1.69. The Bertz CT molecular complexity index is 521. The van der Waals surface area contributed by atoms with Crippen LogP contribution in [-0.4, -0.2) is 31.8 Å². The van der Waals surface area contributed by atoms with Gasteiger partial charge in [-0.05, 0) is 13.8 Å². The summed E-state index contributed by atoms with van der Waals surface area (Å²) in [7, 11) is 1.74. The van der Waals surface area contributed by atoms with E-state index in [1.165, 1.54) is 6.20 Å². The van der Waals surface area contributed by atoms with Crippen LogP contribution in [0.4, 0.5) is 5.95 Å². The van der Waals surface area contributed by atoms with E-state index in [1.54, 1.807) is 11.7 Å². The summed E-state index contributed by atoms with van der Waals surface area (Å²) in [5, 5.41) is 7.51. The van der Waals surface area contributed by atoms with Gasteiger partial charge in [0.25, 0.3) is 0 Å². The summed E-state index contributed by atoms with van der Waals surface area (Å²) in [5.74, 6) is 2.43. The Labute approximate surface area is 97.7 Å². The first-order valence-corrected chi connectivity index (χ1v) is 5.10. The molecule has 0 aromatic carbocycles. The molecular weight excluding hydrogens is 228 g/mol. The van der Waals surface area contributed by atoms with Crippen molar-refractivity contribution in [2.24, 2.45) is 0 Å². The van der Waals surface area contributed by atoms with Gasteiger partial charge in [-0.15, -0.1) is 5.10 Å². The highest BCUT2D eigenvalue weighted by Gasteiger charge is 2.11. The van der Waals surface area contributed by atoms with Crippen LogP contribution < -0.4 is 5.32 Å². The lowest BCUT2D eigenvalue weighted by Crippen LogP contribution is -2.06. The van der Waals surface area contributed by atoms with E-state index >= 15 is 0 Å². The van der Waals surface area contributed by atoms with E-state index in [1.807, 2.05) is 13.8 Å². The van der Waals surface area contributed by atoms with E-state index in [0.717, 1.165) is 5.82 Å². The largest absolute Gasteiger partial charge is 0.357 e. The van der Waals surface area contributed by atoms with Gasteiger partial charge in [0.2, 0.25) is 5.95 Å². The summed E-state index contributed by atoms with van der Waals surface area (Å²) >= 11 is 6.03. The molecular formula is C9H11ClN6. The fraction of sp³-hybridized carbons (Fsp3) is 0.333. The standard InChI is InChI=1S/C9H11ClN6/c1-5-13-6(2)16(15-5)8-7(10)4-12-9(11-3)14-8/h4H,1-3H3,(H,11,12,14). The minimum absolute atomic E-state index is 0.437. The lowest BCUT2D eigenvalue weighted by Gasteiger charge is -2.05. The Kier molecular flexibility index (Phi) is 2.74. The predicted molar refractivity (Wildman–Crippen MR) is 61.0 cm³/mol. The minimum Gasteiger partial charge on any atom is -0.357 e. The molecule has 0 atom stereocenters. The van der Waals surface area contributed by atoms with E-state index in [0.29, 0.717) is 22.6 Å². The Morgan fingerprint density at radius 1 is 1.31 bits per heavy atom. The monoisotopic (exact) mass is 238 g/mol. The van der Waals surface area contributed by atoms with E-state index in [4.69, 9.17) is 11.6 Å². The second kappa shape index (κ2) is 4.05. The molecule has 0 aliphatic rings. The highest BCUT2D eigenvalue weighted by atomic mass is 35.5. The molecule has 0 fully saturated rings. The number of hydrogen-bond donors (Lipinski definition) is 1. The molecule has 2 aromatic rings. The fourth-order valence-corrected chi connectivity index (χ4v) is 1.52. The summed E-state index contributed by atoms with van der Waals surface area (Å²) in [4.78, 5) is 12.4. The molecule has 0 unspecified atom stereocenters. The van der Waals surface area contributed by atoms with Gasteiger partial charge in [-0.1, -0.05) is 11.6 Å². The van der Waals surface area contributed by atoms with E-state index in [-0.39, 0.29) is 0 Å². The van der Waals surface area contributed by atoms with E-state index < -0.39 is 0 Å². The third-order valence-electron chi connectivity index (χ3n) is 2.02. The minimum atomic E-state index is 0.437. The normalized spacial score (nSPS) is 10.5. The molecule has 2 aromatic heterocycles. The van der Waals surface area contributed by atoms with Crippen LogP contribution in [0.5, 0.6) is 0 Å². The van der Waals surface area contributed by atoms with Gasteiger partial charge in [-0.25, -0.2) is 9.97 Å². The molecule has 0 aliphatic carbocycles. The van der Waals surface area contributed by atoms with E-state index in [9.17, 15) is 0 Å². The summed E-state index contributed by atoms with van der Waals surface area (Å²) < 4.78 is 1.60. The maximum absolute atomic E-state index is 6.03. The molecule has 0 radical (unpaired) electrons. The highest BCUT2D eigenvalue weighted by molar-refractivity contribution is 6.32. The number of hydrogen-bond acceptors (Lipinski definition) is 5. The van der Waals surface area contributed by atoms with Crippen molar-refractivity contribution in [1.29, 1.82) is 0 Å². The van der Waals surface area contributed by atoms with Gasteiger partial charge >= 0.3 is 0 Å². The van der Waals surface area contributed by atoms with Gasteiger partial charge in [0.15, 0.2) is 5.82 Å². The summed E-state index contributed by atoms with van der Waals surface area (Å²) in [6.45, 7) is 3.66. The van der Waals surface area contributed by atoms with Crippen LogP contribution in [0.25, 0.3) is 5.82 Å².